The molecule has 1 spiro atoms. The van der Waals surface area contributed by atoms with Gasteiger partial charge < -0.3 is 0 Å². The molecular formula is C23H24O. The SMILES string of the molecule is CCCc1ccc2cc3c(cc2c1)C(=O)CCC31CC2C=CC1C2. The first kappa shape index (κ1) is 14.5. The summed E-state index contributed by atoms with van der Waals surface area (Å²) in [4.78, 5) is 12.7. The molecule has 2 aromatic carbocycles. The maximum absolute atomic E-state index is 12.7. The smallest absolute Gasteiger partial charge is 0.163 e. The van der Waals surface area contributed by atoms with Gasteiger partial charge in [0.2, 0.25) is 0 Å². The highest BCUT2D eigenvalue weighted by molar-refractivity contribution is 6.03. The van der Waals surface area contributed by atoms with E-state index in [9.17, 15) is 4.79 Å². The number of carbonyl (C=O) groups excluding carboxylic acids is 1. The Kier molecular flexibility index (Phi) is 3.04. The van der Waals surface area contributed by atoms with Gasteiger partial charge in [0.05, 0.1) is 0 Å². The molecule has 2 bridgehead atoms. The molecule has 5 rings (SSSR count). The van der Waals surface area contributed by atoms with Crippen molar-refractivity contribution in [2.75, 3.05) is 0 Å². The van der Waals surface area contributed by atoms with Gasteiger partial charge in [0, 0.05) is 17.4 Å². The van der Waals surface area contributed by atoms with E-state index in [2.05, 4.69) is 49.4 Å². The topological polar surface area (TPSA) is 17.1 Å². The molecule has 3 atom stereocenters. The standard InChI is InChI=1S/C23H24O/c1-2-3-15-4-6-17-13-21-20(12-18(17)10-15)22(24)8-9-23(21)14-16-5-7-19(23)11-16/h4-7,10,12-13,16,19H,2-3,8-9,11,14H2,1H3. The third kappa shape index (κ3) is 1.90. The van der Waals surface area contributed by atoms with Crippen LogP contribution in [0.2, 0.25) is 0 Å². The monoisotopic (exact) mass is 316 g/mol. The number of hydrogen-bond acceptors (Lipinski definition) is 1. The number of hydrogen-bond donors (Lipinski definition) is 0. The van der Waals surface area contributed by atoms with E-state index in [1.165, 1.54) is 34.7 Å². The van der Waals surface area contributed by atoms with Gasteiger partial charge in [-0.05, 0) is 71.6 Å². The van der Waals surface area contributed by atoms with Crippen LogP contribution < -0.4 is 0 Å². The molecule has 1 saturated carbocycles. The second kappa shape index (κ2) is 5.05. The zero-order chi connectivity index (χ0) is 16.3. The molecule has 24 heavy (non-hydrogen) atoms. The van der Waals surface area contributed by atoms with Crippen LogP contribution in [0.3, 0.4) is 0 Å². The fourth-order valence-electron chi connectivity index (χ4n) is 5.59. The molecule has 1 fully saturated rings. The van der Waals surface area contributed by atoms with Crippen LogP contribution in [0.1, 0.15) is 60.5 Å². The molecule has 0 saturated heterocycles. The zero-order valence-corrected chi connectivity index (χ0v) is 14.3. The number of benzene rings is 2. The van der Waals surface area contributed by atoms with E-state index in [0.717, 1.165) is 37.2 Å². The Labute approximate surface area is 143 Å². The van der Waals surface area contributed by atoms with Gasteiger partial charge in [0.1, 0.15) is 0 Å². The van der Waals surface area contributed by atoms with Crippen molar-refractivity contribution in [1.29, 1.82) is 0 Å². The summed E-state index contributed by atoms with van der Waals surface area (Å²) in [5, 5.41) is 2.54. The Hall–Kier alpha value is -1.89. The van der Waals surface area contributed by atoms with Crippen molar-refractivity contribution in [3.63, 3.8) is 0 Å². The van der Waals surface area contributed by atoms with E-state index >= 15 is 0 Å². The van der Waals surface area contributed by atoms with Gasteiger partial charge in [0.25, 0.3) is 0 Å². The molecule has 0 N–H and O–H groups in total. The minimum Gasteiger partial charge on any atom is -0.294 e. The maximum Gasteiger partial charge on any atom is 0.163 e. The van der Waals surface area contributed by atoms with E-state index in [0.29, 0.717) is 11.7 Å². The van der Waals surface area contributed by atoms with Gasteiger partial charge >= 0.3 is 0 Å². The first-order chi connectivity index (χ1) is 11.7. The summed E-state index contributed by atoms with van der Waals surface area (Å²) >= 11 is 0. The van der Waals surface area contributed by atoms with Gasteiger partial charge in [-0.1, -0.05) is 43.7 Å². The lowest BCUT2D eigenvalue weighted by molar-refractivity contribution is 0.0944. The first-order valence-electron chi connectivity index (χ1n) is 9.48. The normalized spacial score (nSPS) is 30.5. The van der Waals surface area contributed by atoms with Crippen molar-refractivity contribution in [3.8, 4) is 0 Å². The highest BCUT2D eigenvalue weighted by Gasteiger charge is 2.52. The predicted octanol–water partition coefficient (Wildman–Crippen LogP) is 5.60. The molecule has 0 aromatic heterocycles. The van der Waals surface area contributed by atoms with Crippen LogP contribution in [0.15, 0.2) is 42.5 Å². The molecule has 122 valence electrons. The lowest BCUT2D eigenvalue weighted by Crippen LogP contribution is -2.36. The summed E-state index contributed by atoms with van der Waals surface area (Å²) in [6.07, 6.45) is 11.4. The number of carbonyl (C=O) groups is 1. The Morgan fingerprint density at radius 1 is 1.12 bits per heavy atom. The summed E-state index contributed by atoms with van der Waals surface area (Å²) in [6, 6.07) is 11.4. The Morgan fingerprint density at radius 2 is 2.04 bits per heavy atom. The molecule has 0 aliphatic heterocycles. The molecule has 2 aromatic rings. The van der Waals surface area contributed by atoms with E-state index in [-0.39, 0.29) is 5.41 Å². The average Bonchev–Trinajstić information content (AvgIpc) is 3.19. The fourth-order valence-corrected chi connectivity index (χ4v) is 5.59. The summed E-state index contributed by atoms with van der Waals surface area (Å²) in [5.41, 5.74) is 3.99. The number of aryl methyl sites for hydroxylation is 1. The quantitative estimate of drug-likeness (QED) is 0.659. The Balaban J connectivity index is 1.70. The van der Waals surface area contributed by atoms with Crippen molar-refractivity contribution in [2.45, 2.75) is 50.9 Å². The van der Waals surface area contributed by atoms with Gasteiger partial charge in [-0.3, -0.25) is 4.79 Å². The maximum atomic E-state index is 12.7. The highest BCUT2D eigenvalue weighted by atomic mass is 16.1. The lowest BCUT2D eigenvalue weighted by atomic mass is 9.62. The van der Waals surface area contributed by atoms with Crippen LogP contribution in [0.5, 0.6) is 0 Å². The number of ketones is 1. The minimum absolute atomic E-state index is 0.235. The molecule has 0 radical (unpaired) electrons. The van der Waals surface area contributed by atoms with E-state index in [4.69, 9.17) is 0 Å². The molecule has 1 nitrogen and oxygen atoms in total. The average molecular weight is 316 g/mol. The van der Waals surface area contributed by atoms with Gasteiger partial charge in [-0.25, -0.2) is 0 Å². The Morgan fingerprint density at radius 3 is 2.79 bits per heavy atom. The molecule has 0 heterocycles. The number of fused-ring (bicyclic) bond motifs is 6. The van der Waals surface area contributed by atoms with Gasteiger partial charge in [0.15, 0.2) is 5.78 Å². The third-order valence-corrected chi connectivity index (χ3v) is 6.72. The summed E-state index contributed by atoms with van der Waals surface area (Å²) in [6.45, 7) is 2.22. The van der Waals surface area contributed by atoms with Gasteiger partial charge in [-0.15, -0.1) is 0 Å². The third-order valence-electron chi connectivity index (χ3n) is 6.72. The number of rotatable bonds is 2. The minimum atomic E-state index is 0.235. The van der Waals surface area contributed by atoms with Crippen LogP contribution >= 0.6 is 0 Å². The predicted molar refractivity (Wildman–Crippen MR) is 98.5 cm³/mol. The van der Waals surface area contributed by atoms with E-state index in [1.54, 1.807) is 0 Å². The highest BCUT2D eigenvalue weighted by Crippen LogP contribution is 2.58. The summed E-state index contributed by atoms with van der Waals surface area (Å²) in [7, 11) is 0. The van der Waals surface area contributed by atoms with Crippen molar-refractivity contribution >= 4 is 16.6 Å². The van der Waals surface area contributed by atoms with Crippen LogP contribution in [0.25, 0.3) is 10.8 Å². The van der Waals surface area contributed by atoms with Crippen LogP contribution in [-0.2, 0) is 11.8 Å². The zero-order valence-electron chi connectivity index (χ0n) is 14.3. The molecule has 3 aliphatic carbocycles. The van der Waals surface area contributed by atoms with Crippen molar-refractivity contribution in [3.05, 3.63) is 59.2 Å². The van der Waals surface area contributed by atoms with Crippen molar-refractivity contribution < 1.29 is 4.79 Å². The second-order valence-corrected chi connectivity index (χ2v) is 8.10. The lowest BCUT2D eigenvalue weighted by Gasteiger charge is -2.40. The van der Waals surface area contributed by atoms with E-state index < -0.39 is 0 Å². The largest absolute Gasteiger partial charge is 0.294 e. The molecule has 1 heteroatoms. The summed E-state index contributed by atoms with van der Waals surface area (Å²) < 4.78 is 0. The Bertz CT molecular complexity index is 875. The fraction of sp³-hybridized carbons (Fsp3) is 0.435. The number of Topliss-reactive ketones (excluding diaryl/α,β-unsaturated/α-hetero) is 1. The van der Waals surface area contributed by atoms with Crippen LogP contribution in [0.4, 0.5) is 0 Å². The van der Waals surface area contributed by atoms with E-state index in [1.807, 2.05) is 0 Å². The molecule has 3 aliphatic rings. The molecule has 0 amide bonds. The summed E-state index contributed by atoms with van der Waals surface area (Å²) in [5.74, 6) is 1.73. The van der Waals surface area contributed by atoms with Crippen LogP contribution in [0, 0.1) is 11.8 Å². The van der Waals surface area contributed by atoms with Crippen molar-refractivity contribution in [1.82, 2.24) is 0 Å². The van der Waals surface area contributed by atoms with Crippen molar-refractivity contribution in [2.24, 2.45) is 11.8 Å². The van der Waals surface area contributed by atoms with Crippen LogP contribution in [-0.4, -0.2) is 5.78 Å². The molecule has 3 unspecified atom stereocenters. The van der Waals surface area contributed by atoms with Gasteiger partial charge in [-0.2, -0.15) is 0 Å². The number of allylic oxidation sites excluding steroid dienone is 2. The second-order valence-electron chi connectivity index (χ2n) is 8.10. The first-order valence-corrected chi connectivity index (χ1v) is 9.48. The molecular weight excluding hydrogens is 292 g/mol.